The number of amides is 1. The molecule has 2 aromatic heterocycles. The molecule has 3 rings (SSSR count). The number of sulfonamides is 1. The van der Waals surface area contributed by atoms with Crippen molar-refractivity contribution in [3.63, 3.8) is 0 Å². The van der Waals surface area contributed by atoms with Gasteiger partial charge in [0.2, 0.25) is 10.0 Å². The second-order valence-electron chi connectivity index (χ2n) is 6.41. The van der Waals surface area contributed by atoms with Gasteiger partial charge < -0.3 is 0 Å². The quantitative estimate of drug-likeness (QED) is 0.641. The van der Waals surface area contributed by atoms with Crippen LogP contribution in [0.4, 0.5) is 5.13 Å². The molecule has 0 aliphatic rings. The molecule has 2 N–H and O–H groups in total. The number of aryl methyl sites for hydroxylation is 1. The number of nitrogens with one attached hydrogen (secondary N) is 2. The fourth-order valence-corrected chi connectivity index (χ4v) is 4.77. The second kappa shape index (κ2) is 8.17. The number of benzene rings is 1. The Balaban J connectivity index is 1.82. The molecule has 0 bridgehead atoms. The van der Waals surface area contributed by atoms with E-state index in [9.17, 15) is 13.2 Å². The zero-order valence-electron chi connectivity index (χ0n) is 15.6. The van der Waals surface area contributed by atoms with Crippen LogP contribution in [0.25, 0.3) is 10.6 Å². The Bertz CT molecular complexity index is 1090. The lowest BCUT2D eigenvalue weighted by atomic mass is 10.2. The smallest absolute Gasteiger partial charge is 0.257 e. The van der Waals surface area contributed by atoms with Gasteiger partial charge in [0, 0.05) is 17.8 Å². The second-order valence-corrected chi connectivity index (χ2v) is 9.12. The predicted octanol–water partition coefficient (Wildman–Crippen LogP) is 3.45. The summed E-state index contributed by atoms with van der Waals surface area (Å²) in [6.07, 6.45) is 1.70. The number of thiazole rings is 1. The fourth-order valence-electron chi connectivity index (χ4n) is 2.54. The summed E-state index contributed by atoms with van der Waals surface area (Å²) in [6.45, 7) is 5.32. The van der Waals surface area contributed by atoms with Crippen molar-refractivity contribution in [1.82, 2.24) is 14.7 Å². The normalized spacial score (nSPS) is 11.6. The molecule has 9 heteroatoms. The van der Waals surface area contributed by atoms with E-state index in [0.29, 0.717) is 5.13 Å². The topological polar surface area (TPSA) is 101 Å². The van der Waals surface area contributed by atoms with E-state index in [1.165, 1.54) is 29.5 Å². The minimum absolute atomic E-state index is 0.0401. The SMILES string of the molecule is Cc1nc(NC(=O)c2cccc(S(=O)(=O)NC(C)C)c2)sc1-c1ccccn1. The lowest BCUT2D eigenvalue weighted by Crippen LogP contribution is -2.30. The van der Waals surface area contributed by atoms with E-state index < -0.39 is 15.9 Å². The van der Waals surface area contributed by atoms with Gasteiger partial charge in [0.05, 0.1) is 21.2 Å². The molecule has 3 aromatic rings. The van der Waals surface area contributed by atoms with Crippen molar-refractivity contribution >= 4 is 32.4 Å². The summed E-state index contributed by atoms with van der Waals surface area (Å²) < 4.78 is 27.1. The zero-order chi connectivity index (χ0) is 20.3. The number of hydrogen-bond donors (Lipinski definition) is 2. The van der Waals surface area contributed by atoms with E-state index in [2.05, 4.69) is 20.0 Å². The minimum atomic E-state index is -3.68. The first kappa shape index (κ1) is 20.1. The molecule has 0 aliphatic carbocycles. The van der Waals surface area contributed by atoms with Gasteiger partial charge in [-0.15, -0.1) is 0 Å². The van der Waals surface area contributed by atoms with Crippen LogP contribution in [0.3, 0.4) is 0 Å². The summed E-state index contributed by atoms with van der Waals surface area (Å²) in [6, 6.07) is 11.2. The van der Waals surface area contributed by atoms with Crippen LogP contribution in [0.15, 0.2) is 53.6 Å². The summed E-state index contributed by atoms with van der Waals surface area (Å²) >= 11 is 1.32. The van der Waals surface area contributed by atoms with Gasteiger partial charge in [0.1, 0.15) is 0 Å². The Morgan fingerprint density at radius 2 is 1.93 bits per heavy atom. The third-order valence-electron chi connectivity index (χ3n) is 3.71. The summed E-state index contributed by atoms with van der Waals surface area (Å²) in [7, 11) is -3.68. The lowest BCUT2D eigenvalue weighted by molar-refractivity contribution is 0.102. The number of carbonyl (C=O) groups excluding carboxylic acids is 1. The molecule has 0 atom stereocenters. The Labute approximate surface area is 167 Å². The van der Waals surface area contributed by atoms with Crippen molar-refractivity contribution < 1.29 is 13.2 Å². The summed E-state index contributed by atoms with van der Waals surface area (Å²) in [4.78, 5) is 22.2. The van der Waals surface area contributed by atoms with Crippen LogP contribution < -0.4 is 10.0 Å². The molecule has 0 spiro atoms. The lowest BCUT2D eigenvalue weighted by Gasteiger charge is -2.10. The van der Waals surface area contributed by atoms with E-state index in [4.69, 9.17) is 0 Å². The predicted molar refractivity (Wildman–Crippen MR) is 110 cm³/mol. The van der Waals surface area contributed by atoms with E-state index in [1.807, 2.05) is 25.1 Å². The number of aromatic nitrogens is 2. The number of hydrogen-bond acceptors (Lipinski definition) is 6. The molecule has 0 saturated heterocycles. The molecular formula is C19H20N4O3S2. The number of nitrogens with zero attached hydrogens (tertiary/aromatic N) is 2. The molecule has 0 fully saturated rings. The molecule has 1 amide bonds. The third kappa shape index (κ3) is 4.61. The van der Waals surface area contributed by atoms with E-state index in [0.717, 1.165) is 16.3 Å². The highest BCUT2D eigenvalue weighted by molar-refractivity contribution is 7.89. The van der Waals surface area contributed by atoms with Gasteiger partial charge in [-0.2, -0.15) is 0 Å². The molecule has 146 valence electrons. The van der Waals surface area contributed by atoms with Crippen LogP contribution >= 0.6 is 11.3 Å². The van der Waals surface area contributed by atoms with Crippen LogP contribution in [0.2, 0.25) is 0 Å². The highest BCUT2D eigenvalue weighted by atomic mass is 32.2. The van der Waals surface area contributed by atoms with Gasteiger partial charge in [-0.25, -0.2) is 18.1 Å². The first-order chi connectivity index (χ1) is 13.3. The van der Waals surface area contributed by atoms with Crippen LogP contribution in [0, 0.1) is 6.92 Å². The molecular weight excluding hydrogens is 396 g/mol. The first-order valence-electron chi connectivity index (χ1n) is 8.59. The number of rotatable bonds is 6. The third-order valence-corrected chi connectivity index (χ3v) is 6.46. The van der Waals surface area contributed by atoms with Gasteiger partial charge in [-0.3, -0.25) is 15.1 Å². The maximum atomic E-state index is 12.6. The molecule has 28 heavy (non-hydrogen) atoms. The van der Waals surface area contributed by atoms with Crippen LogP contribution in [0.5, 0.6) is 0 Å². The molecule has 0 unspecified atom stereocenters. The van der Waals surface area contributed by atoms with Crippen molar-refractivity contribution in [1.29, 1.82) is 0 Å². The zero-order valence-corrected chi connectivity index (χ0v) is 17.3. The minimum Gasteiger partial charge on any atom is -0.298 e. The average Bonchev–Trinajstić information content (AvgIpc) is 3.01. The Morgan fingerprint density at radius 3 is 2.61 bits per heavy atom. The van der Waals surface area contributed by atoms with Crippen molar-refractivity contribution in [2.45, 2.75) is 31.7 Å². The average molecular weight is 417 g/mol. The van der Waals surface area contributed by atoms with E-state index in [1.54, 1.807) is 26.1 Å². The Hall–Kier alpha value is -2.62. The van der Waals surface area contributed by atoms with E-state index >= 15 is 0 Å². The van der Waals surface area contributed by atoms with Gasteiger partial charge in [0.15, 0.2) is 5.13 Å². The highest BCUT2D eigenvalue weighted by Gasteiger charge is 2.18. The molecule has 7 nitrogen and oxygen atoms in total. The van der Waals surface area contributed by atoms with Crippen molar-refractivity contribution in [2.75, 3.05) is 5.32 Å². The van der Waals surface area contributed by atoms with Gasteiger partial charge in [-0.05, 0) is 51.1 Å². The van der Waals surface area contributed by atoms with Crippen LogP contribution in [0.1, 0.15) is 29.9 Å². The highest BCUT2D eigenvalue weighted by Crippen LogP contribution is 2.31. The van der Waals surface area contributed by atoms with Crippen molar-refractivity contribution in [3.8, 4) is 10.6 Å². The van der Waals surface area contributed by atoms with Crippen molar-refractivity contribution in [3.05, 3.63) is 59.9 Å². The van der Waals surface area contributed by atoms with Gasteiger partial charge >= 0.3 is 0 Å². The maximum Gasteiger partial charge on any atom is 0.257 e. The maximum absolute atomic E-state index is 12.6. The van der Waals surface area contributed by atoms with E-state index in [-0.39, 0.29) is 16.5 Å². The standard InChI is InChI=1S/C19H20N4O3S2/c1-12(2)23-28(25,26)15-8-6-7-14(11-15)18(24)22-19-21-13(3)17(27-19)16-9-4-5-10-20-16/h4-12,23H,1-3H3,(H,21,22,24). The van der Waals surface area contributed by atoms with Crippen LogP contribution in [-0.2, 0) is 10.0 Å². The Kier molecular flexibility index (Phi) is 5.87. The first-order valence-corrected chi connectivity index (χ1v) is 10.9. The number of pyridine rings is 1. The number of anilines is 1. The summed E-state index contributed by atoms with van der Waals surface area (Å²) in [5.74, 6) is -0.428. The molecule has 0 aliphatic heterocycles. The summed E-state index contributed by atoms with van der Waals surface area (Å²) in [5.41, 5.74) is 1.78. The molecule has 0 radical (unpaired) electrons. The molecule has 0 saturated carbocycles. The van der Waals surface area contributed by atoms with Gasteiger partial charge in [-0.1, -0.05) is 23.5 Å². The largest absolute Gasteiger partial charge is 0.298 e. The monoisotopic (exact) mass is 416 g/mol. The fraction of sp³-hybridized carbons (Fsp3) is 0.211. The van der Waals surface area contributed by atoms with Crippen LogP contribution in [-0.4, -0.2) is 30.3 Å². The number of carbonyl (C=O) groups is 1. The molecule has 1 aromatic carbocycles. The van der Waals surface area contributed by atoms with Crippen molar-refractivity contribution in [2.24, 2.45) is 0 Å². The van der Waals surface area contributed by atoms with Gasteiger partial charge in [0.25, 0.3) is 5.91 Å². The molecule has 2 heterocycles. The summed E-state index contributed by atoms with van der Waals surface area (Å²) in [5, 5.41) is 3.16. The Morgan fingerprint density at radius 1 is 1.14 bits per heavy atom.